The molecule has 0 radical (unpaired) electrons. The van der Waals surface area contributed by atoms with Gasteiger partial charge in [0.25, 0.3) is 0 Å². The summed E-state index contributed by atoms with van der Waals surface area (Å²) in [5.74, 6) is 0. The summed E-state index contributed by atoms with van der Waals surface area (Å²) in [5.41, 5.74) is 5.91. The third kappa shape index (κ3) is 4.96. The molecule has 3 nitrogen and oxygen atoms in total. The molecule has 1 atom stereocenters. The Morgan fingerprint density at radius 1 is 1.07 bits per heavy atom. The summed E-state index contributed by atoms with van der Waals surface area (Å²) in [4.78, 5) is 5.10. The predicted molar refractivity (Wildman–Crippen MR) is 66.1 cm³/mol. The number of nitrogens with zero attached hydrogens (tertiary/aromatic N) is 2. The van der Waals surface area contributed by atoms with Gasteiger partial charge in [-0.25, -0.2) is 0 Å². The molecule has 1 aliphatic rings. The molecular weight excluding hydrogens is 186 g/mol. The van der Waals surface area contributed by atoms with Gasteiger partial charge in [0, 0.05) is 32.2 Å². The molecular formula is C12H27N3. The van der Waals surface area contributed by atoms with E-state index in [-0.39, 0.29) is 0 Å². The molecule has 3 heteroatoms. The Hall–Kier alpha value is -0.120. The van der Waals surface area contributed by atoms with Gasteiger partial charge in [-0.2, -0.15) is 0 Å². The average molecular weight is 213 g/mol. The number of hydrogen-bond acceptors (Lipinski definition) is 3. The fourth-order valence-electron chi connectivity index (χ4n) is 2.11. The highest BCUT2D eigenvalue weighted by Crippen LogP contribution is 2.05. The summed E-state index contributed by atoms with van der Waals surface area (Å²) in [7, 11) is 0. The van der Waals surface area contributed by atoms with Crippen LogP contribution in [0.3, 0.4) is 0 Å². The summed E-state index contributed by atoms with van der Waals surface area (Å²) < 4.78 is 0. The van der Waals surface area contributed by atoms with Gasteiger partial charge in [0.15, 0.2) is 0 Å². The van der Waals surface area contributed by atoms with E-state index >= 15 is 0 Å². The van der Waals surface area contributed by atoms with Crippen molar-refractivity contribution in [3.05, 3.63) is 0 Å². The van der Waals surface area contributed by atoms with Crippen LogP contribution in [0.25, 0.3) is 0 Å². The van der Waals surface area contributed by atoms with Crippen LogP contribution in [-0.4, -0.2) is 55.1 Å². The van der Waals surface area contributed by atoms with E-state index in [4.69, 9.17) is 5.73 Å². The van der Waals surface area contributed by atoms with Crippen LogP contribution < -0.4 is 5.73 Å². The summed E-state index contributed by atoms with van der Waals surface area (Å²) in [6, 6.07) is 0.418. The molecule has 1 heterocycles. The highest BCUT2D eigenvalue weighted by Gasteiger charge is 2.14. The van der Waals surface area contributed by atoms with Crippen molar-refractivity contribution in [3.63, 3.8) is 0 Å². The fourth-order valence-corrected chi connectivity index (χ4v) is 2.11. The molecule has 0 aromatic heterocycles. The molecule has 1 saturated heterocycles. The van der Waals surface area contributed by atoms with Crippen LogP contribution in [0.4, 0.5) is 0 Å². The van der Waals surface area contributed by atoms with Crippen molar-refractivity contribution in [3.8, 4) is 0 Å². The zero-order chi connectivity index (χ0) is 11.1. The second-order valence-corrected chi connectivity index (χ2v) is 4.59. The van der Waals surface area contributed by atoms with Gasteiger partial charge in [-0.3, -0.25) is 0 Å². The topological polar surface area (TPSA) is 32.5 Å². The smallest absolute Gasteiger partial charge is 0.0110 e. The largest absolute Gasteiger partial charge is 0.328 e. The maximum absolute atomic E-state index is 5.91. The molecule has 15 heavy (non-hydrogen) atoms. The lowest BCUT2D eigenvalue weighted by Crippen LogP contribution is -2.46. The zero-order valence-electron chi connectivity index (χ0n) is 10.4. The quantitative estimate of drug-likeness (QED) is 0.718. The van der Waals surface area contributed by atoms with Gasteiger partial charge < -0.3 is 15.5 Å². The molecule has 0 saturated carbocycles. The number of nitrogens with two attached hydrogens (primary N) is 1. The third-order valence-electron chi connectivity index (χ3n) is 3.49. The minimum absolute atomic E-state index is 0.418. The van der Waals surface area contributed by atoms with E-state index in [9.17, 15) is 0 Å². The first-order valence-electron chi connectivity index (χ1n) is 6.46. The Balaban J connectivity index is 2.03. The maximum Gasteiger partial charge on any atom is 0.0110 e. The molecule has 0 amide bonds. The summed E-state index contributed by atoms with van der Waals surface area (Å²) in [6.45, 7) is 11.8. The van der Waals surface area contributed by atoms with Gasteiger partial charge in [0.2, 0.25) is 0 Å². The number of hydrogen-bond donors (Lipinski definition) is 1. The molecule has 1 rings (SSSR count). The summed E-state index contributed by atoms with van der Waals surface area (Å²) in [6.07, 6.45) is 3.56. The van der Waals surface area contributed by atoms with Crippen molar-refractivity contribution in [2.75, 3.05) is 39.3 Å². The Bertz CT molecular complexity index is 153. The third-order valence-corrected chi connectivity index (χ3v) is 3.49. The molecule has 0 aromatic carbocycles. The van der Waals surface area contributed by atoms with E-state index in [1.165, 1.54) is 52.1 Å². The lowest BCUT2D eigenvalue weighted by atomic mass is 10.1. The van der Waals surface area contributed by atoms with Crippen LogP contribution in [0.2, 0.25) is 0 Å². The van der Waals surface area contributed by atoms with E-state index in [1.807, 2.05) is 0 Å². The number of likely N-dealkylation sites (N-methyl/N-ethyl adjacent to an activating group) is 1. The van der Waals surface area contributed by atoms with Crippen molar-refractivity contribution in [2.45, 2.75) is 39.2 Å². The average Bonchev–Trinajstić information content (AvgIpc) is 2.29. The number of rotatable bonds is 6. The first-order valence-corrected chi connectivity index (χ1v) is 6.46. The molecule has 1 fully saturated rings. The SMILES string of the molecule is CCC(N)CCCN1CCN(CC)CC1. The van der Waals surface area contributed by atoms with Crippen LogP contribution in [-0.2, 0) is 0 Å². The van der Waals surface area contributed by atoms with Gasteiger partial charge in [-0.05, 0) is 32.4 Å². The second-order valence-electron chi connectivity index (χ2n) is 4.59. The normalized spacial score (nSPS) is 21.8. The standard InChI is InChI=1S/C12H27N3/c1-3-12(13)6-5-7-15-10-8-14(4-2)9-11-15/h12H,3-11,13H2,1-2H3. The van der Waals surface area contributed by atoms with Gasteiger partial charge in [-0.15, -0.1) is 0 Å². The van der Waals surface area contributed by atoms with Crippen LogP contribution in [0.15, 0.2) is 0 Å². The van der Waals surface area contributed by atoms with Gasteiger partial charge in [0.1, 0.15) is 0 Å². The van der Waals surface area contributed by atoms with Crippen molar-refractivity contribution >= 4 is 0 Å². The predicted octanol–water partition coefficient (Wildman–Crippen LogP) is 1.14. The molecule has 1 aliphatic heterocycles. The summed E-state index contributed by atoms with van der Waals surface area (Å²) >= 11 is 0. The van der Waals surface area contributed by atoms with Gasteiger partial charge in [0.05, 0.1) is 0 Å². The van der Waals surface area contributed by atoms with E-state index in [2.05, 4.69) is 23.6 Å². The van der Waals surface area contributed by atoms with Crippen LogP contribution in [0.1, 0.15) is 33.1 Å². The summed E-state index contributed by atoms with van der Waals surface area (Å²) in [5, 5.41) is 0. The van der Waals surface area contributed by atoms with Crippen molar-refractivity contribution < 1.29 is 0 Å². The van der Waals surface area contributed by atoms with Crippen molar-refractivity contribution in [2.24, 2.45) is 5.73 Å². The molecule has 0 bridgehead atoms. The first kappa shape index (κ1) is 12.9. The van der Waals surface area contributed by atoms with Crippen LogP contribution in [0.5, 0.6) is 0 Å². The Morgan fingerprint density at radius 3 is 2.20 bits per heavy atom. The molecule has 90 valence electrons. The van der Waals surface area contributed by atoms with Gasteiger partial charge >= 0.3 is 0 Å². The molecule has 0 spiro atoms. The Kier molecular flexibility index (Phi) is 6.22. The fraction of sp³-hybridized carbons (Fsp3) is 1.00. The van der Waals surface area contributed by atoms with Crippen LogP contribution in [0, 0.1) is 0 Å². The minimum atomic E-state index is 0.418. The zero-order valence-corrected chi connectivity index (χ0v) is 10.4. The number of piperazine rings is 1. The molecule has 2 N–H and O–H groups in total. The van der Waals surface area contributed by atoms with Crippen molar-refractivity contribution in [1.29, 1.82) is 0 Å². The first-order chi connectivity index (χ1) is 7.26. The molecule has 1 unspecified atom stereocenters. The Morgan fingerprint density at radius 2 is 1.67 bits per heavy atom. The lowest BCUT2D eigenvalue weighted by Gasteiger charge is -2.34. The molecule has 0 aromatic rings. The maximum atomic E-state index is 5.91. The van der Waals surface area contributed by atoms with E-state index in [1.54, 1.807) is 0 Å². The monoisotopic (exact) mass is 213 g/mol. The highest BCUT2D eigenvalue weighted by molar-refractivity contribution is 4.71. The van der Waals surface area contributed by atoms with Crippen LogP contribution >= 0.6 is 0 Å². The van der Waals surface area contributed by atoms with E-state index in [0.717, 1.165) is 6.42 Å². The Labute approximate surface area is 94.6 Å². The molecule has 0 aliphatic carbocycles. The lowest BCUT2D eigenvalue weighted by molar-refractivity contribution is 0.135. The highest BCUT2D eigenvalue weighted by atomic mass is 15.3. The van der Waals surface area contributed by atoms with Gasteiger partial charge in [-0.1, -0.05) is 13.8 Å². The van der Waals surface area contributed by atoms with E-state index in [0.29, 0.717) is 6.04 Å². The van der Waals surface area contributed by atoms with E-state index < -0.39 is 0 Å². The minimum Gasteiger partial charge on any atom is -0.328 e. The van der Waals surface area contributed by atoms with Crippen molar-refractivity contribution in [1.82, 2.24) is 9.80 Å². The second kappa shape index (κ2) is 7.20.